The SMILES string of the molecule is CNC(=O)NC1CC2=C(C)C(C)N=C(C)N2C1. The first-order valence-electron chi connectivity index (χ1n) is 6.02. The van der Waals surface area contributed by atoms with Gasteiger partial charge in [-0.05, 0) is 26.3 Å². The monoisotopic (exact) mass is 236 g/mol. The summed E-state index contributed by atoms with van der Waals surface area (Å²) in [5, 5.41) is 5.55. The number of aliphatic imine (C=N–C) groups is 1. The molecule has 2 aliphatic rings. The van der Waals surface area contributed by atoms with Gasteiger partial charge < -0.3 is 15.5 Å². The quantitative estimate of drug-likeness (QED) is 0.716. The second kappa shape index (κ2) is 4.39. The number of hydrogen-bond acceptors (Lipinski definition) is 3. The lowest BCUT2D eigenvalue weighted by Gasteiger charge is -2.28. The summed E-state index contributed by atoms with van der Waals surface area (Å²) >= 11 is 0. The summed E-state index contributed by atoms with van der Waals surface area (Å²) in [4.78, 5) is 18.1. The number of nitrogens with one attached hydrogen (secondary N) is 2. The third kappa shape index (κ3) is 2.14. The van der Waals surface area contributed by atoms with Crippen LogP contribution in [0.15, 0.2) is 16.3 Å². The Morgan fingerprint density at radius 3 is 2.82 bits per heavy atom. The van der Waals surface area contributed by atoms with Crippen LogP contribution in [0.1, 0.15) is 27.2 Å². The maximum absolute atomic E-state index is 11.3. The fourth-order valence-electron chi connectivity index (χ4n) is 2.48. The highest BCUT2D eigenvalue weighted by Crippen LogP contribution is 2.30. The summed E-state index contributed by atoms with van der Waals surface area (Å²) in [6.45, 7) is 7.10. The first-order chi connectivity index (χ1) is 8.02. The van der Waals surface area contributed by atoms with Crippen LogP contribution in [-0.4, -0.2) is 42.4 Å². The lowest BCUT2D eigenvalue weighted by molar-refractivity contribution is 0.239. The predicted octanol–water partition coefficient (Wildman–Crippen LogP) is 1.08. The number of carbonyl (C=O) groups is 1. The van der Waals surface area contributed by atoms with Crippen LogP contribution in [0.25, 0.3) is 0 Å². The van der Waals surface area contributed by atoms with E-state index in [1.165, 1.54) is 11.3 Å². The Balaban J connectivity index is 2.13. The maximum atomic E-state index is 11.3. The third-order valence-electron chi connectivity index (χ3n) is 3.58. The van der Waals surface area contributed by atoms with Gasteiger partial charge in [0, 0.05) is 25.7 Å². The summed E-state index contributed by atoms with van der Waals surface area (Å²) in [6, 6.07) is 0.325. The van der Waals surface area contributed by atoms with Gasteiger partial charge in [-0.2, -0.15) is 0 Å². The molecule has 0 bridgehead atoms. The molecule has 1 saturated heterocycles. The van der Waals surface area contributed by atoms with Gasteiger partial charge in [-0.15, -0.1) is 0 Å². The Morgan fingerprint density at radius 2 is 2.18 bits per heavy atom. The van der Waals surface area contributed by atoms with Crippen molar-refractivity contribution in [3.8, 4) is 0 Å². The van der Waals surface area contributed by atoms with Crippen molar-refractivity contribution >= 4 is 11.9 Å². The number of amides is 2. The third-order valence-corrected chi connectivity index (χ3v) is 3.58. The number of rotatable bonds is 1. The summed E-state index contributed by atoms with van der Waals surface area (Å²) < 4.78 is 0. The minimum Gasteiger partial charge on any atom is -0.341 e. The number of urea groups is 1. The molecule has 2 heterocycles. The summed E-state index contributed by atoms with van der Waals surface area (Å²) in [5.41, 5.74) is 2.64. The van der Waals surface area contributed by atoms with Gasteiger partial charge in [-0.3, -0.25) is 4.99 Å². The zero-order chi connectivity index (χ0) is 12.6. The standard InChI is InChI=1S/C12H20N4O/c1-7-8(2)14-9(3)16-6-10(5-11(7)16)15-12(17)13-4/h8,10H,5-6H2,1-4H3,(H2,13,15,17). The second-order valence-corrected chi connectivity index (χ2v) is 4.72. The molecule has 0 saturated carbocycles. The molecule has 5 nitrogen and oxygen atoms in total. The molecule has 2 N–H and O–H groups in total. The summed E-state index contributed by atoms with van der Waals surface area (Å²) in [7, 11) is 1.64. The van der Waals surface area contributed by atoms with E-state index >= 15 is 0 Å². The topological polar surface area (TPSA) is 56.7 Å². The van der Waals surface area contributed by atoms with E-state index in [0.29, 0.717) is 0 Å². The normalized spacial score (nSPS) is 27.8. The molecule has 0 aromatic rings. The van der Waals surface area contributed by atoms with Crippen LogP contribution in [0.3, 0.4) is 0 Å². The molecule has 94 valence electrons. The van der Waals surface area contributed by atoms with Gasteiger partial charge in [0.05, 0.1) is 12.1 Å². The van der Waals surface area contributed by atoms with Crippen LogP contribution >= 0.6 is 0 Å². The van der Waals surface area contributed by atoms with Crippen molar-refractivity contribution in [2.45, 2.75) is 39.3 Å². The highest BCUT2D eigenvalue weighted by atomic mass is 16.2. The largest absolute Gasteiger partial charge is 0.341 e. The average Bonchev–Trinajstić information content (AvgIpc) is 2.70. The molecule has 2 aliphatic heterocycles. The van der Waals surface area contributed by atoms with Crippen molar-refractivity contribution in [2.24, 2.45) is 4.99 Å². The fourth-order valence-corrected chi connectivity index (χ4v) is 2.48. The Bertz CT molecular complexity index is 399. The van der Waals surface area contributed by atoms with Crippen LogP contribution in [0.2, 0.25) is 0 Å². The van der Waals surface area contributed by atoms with Crippen LogP contribution < -0.4 is 10.6 Å². The lowest BCUT2D eigenvalue weighted by Crippen LogP contribution is -2.42. The van der Waals surface area contributed by atoms with E-state index in [0.717, 1.165) is 18.8 Å². The zero-order valence-electron chi connectivity index (χ0n) is 10.9. The lowest BCUT2D eigenvalue weighted by atomic mass is 10.0. The molecule has 2 rings (SSSR count). The van der Waals surface area contributed by atoms with Crippen molar-refractivity contribution in [1.82, 2.24) is 15.5 Å². The summed E-state index contributed by atoms with van der Waals surface area (Å²) in [5.74, 6) is 1.05. The highest BCUT2D eigenvalue weighted by molar-refractivity contribution is 5.84. The molecule has 2 amide bonds. The van der Waals surface area contributed by atoms with E-state index in [1.807, 2.05) is 6.92 Å². The Labute approximate surface area is 102 Å². The van der Waals surface area contributed by atoms with Crippen LogP contribution in [0.4, 0.5) is 4.79 Å². The molecule has 0 aromatic carbocycles. The van der Waals surface area contributed by atoms with Gasteiger partial charge in [-0.1, -0.05) is 0 Å². The number of nitrogens with zero attached hydrogens (tertiary/aromatic N) is 2. The molecular weight excluding hydrogens is 216 g/mol. The van der Waals surface area contributed by atoms with E-state index in [1.54, 1.807) is 7.05 Å². The highest BCUT2D eigenvalue weighted by Gasteiger charge is 2.33. The minimum absolute atomic E-state index is 0.115. The van der Waals surface area contributed by atoms with Crippen molar-refractivity contribution in [2.75, 3.05) is 13.6 Å². The van der Waals surface area contributed by atoms with Gasteiger partial charge >= 0.3 is 6.03 Å². The first kappa shape index (κ1) is 12.0. The van der Waals surface area contributed by atoms with Crippen molar-refractivity contribution < 1.29 is 4.79 Å². The van der Waals surface area contributed by atoms with E-state index in [2.05, 4.69) is 34.4 Å². The maximum Gasteiger partial charge on any atom is 0.314 e. The van der Waals surface area contributed by atoms with Gasteiger partial charge in [-0.25, -0.2) is 4.79 Å². The van der Waals surface area contributed by atoms with Crippen molar-refractivity contribution in [1.29, 1.82) is 0 Å². The van der Waals surface area contributed by atoms with Crippen molar-refractivity contribution in [3.05, 3.63) is 11.3 Å². The van der Waals surface area contributed by atoms with Gasteiger partial charge in [0.25, 0.3) is 0 Å². The molecule has 0 aliphatic carbocycles. The smallest absolute Gasteiger partial charge is 0.314 e. The zero-order valence-corrected chi connectivity index (χ0v) is 10.9. The van der Waals surface area contributed by atoms with Crippen LogP contribution in [-0.2, 0) is 0 Å². The van der Waals surface area contributed by atoms with Gasteiger partial charge in [0.1, 0.15) is 5.84 Å². The first-order valence-corrected chi connectivity index (χ1v) is 6.02. The Morgan fingerprint density at radius 1 is 1.47 bits per heavy atom. The fraction of sp³-hybridized carbons (Fsp3) is 0.667. The van der Waals surface area contributed by atoms with Gasteiger partial charge in [0.2, 0.25) is 0 Å². The Kier molecular flexibility index (Phi) is 3.09. The molecule has 1 fully saturated rings. The minimum atomic E-state index is -0.115. The number of fused-ring (bicyclic) bond motifs is 1. The molecule has 0 radical (unpaired) electrons. The number of hydrogen-bond donors (Lipinski definition) is 2. The number of carbonyl (C=O) groups excluding carboxylic acids is 1. The van der Waals surface area contributed by atoms with E-state index in [4.69, 9.17) is 0 Å². The van der Waals surface area contributed by atoms with E-state index < -0.39 is 0 Å². The Hall–Kier alpha value is -1.52. The van der Waals surface area contributed by atoms with Crippen LogP contribution in [0, 0.1) is 0 Å². The molecule has 17 heavy (non-hydrogen) atoms. The predicted molar refractivity (Wildman–Crippen MR) is 68.0 cm³/mol. The molecule has 5 heteroatoms. The average molecular weight is 236 g/mol. The molecular formula is C12H20N4O. The van der Waals surface area contributed by atoms with E-state index in [9.17, 15) is 4.79 Å². The molecule has 0 spiro atoms. The van der Waals surface area contributed by atoms with Crippen molar-refractivity contribution in [3.63, 3.8) is 0 Å². The van der Waals surface area contributed by atoms with Gasteiger partial charge in [0.15, 0.2) is 0 Å². The van der Waals surface area contributed by atoms with Crippen LogP contribution in [0.5, 0.6) is 0 Å². The number of amidine groups is 1. The molecule has 0 aromatic heterocycles. The molecule has 2 unspecified atom stereocenters. The van der Waals surface area contributed by atoms with E-state index in [-0.39, 0.29) is 18.1 Å². The second-order valence-electron chi connectivity index (χ2n) is 4.72. The summed E-state index contributed by atoms with van der Waals surface area (Å²) in [6.07, 6.45) is 0.899. The molecule has 2 atom stereocenters.